The molecule has 0 bridgehead atoms. The fourth-order valence-electron chi connectivity index (χ4n) is 3.09. The molecule has 1 N–H and O–H groups in total. The molecular weight excluding hydrogens is 334 g/mol. The number of carbonyl (C=O) groups is 1. The van der Waals surface area contributed by atoms with Crippen molar-refractivity contribution in [1.82, 2.24) is 35.0 Å². The molecule has 0 atom stereocenters. The second kappa shape index (κ2) is 6.74. The molecule has 9 nitrogen and oxygen atoms in total. The average molecular weight is 355 g/mol. The third-order valence-electron chi connectivity index (χ3n) is 4.64. The third kappa shape index (κ3) is 3.12. The molecule has 0 spiro atoms. The Morgan fingerprint density at radius 3 is 2.81 bits per heavy atom. The van der Waals surface area contributed by atoms with E-state index in [9.17, 15) is 4.79 Å². The van der Waals surface area contributed by atoms with Gasteiger partial charge in [0.15, 0.2) is 11.5 Å². The van der Waals surface area contributed by atoms with Crippen LogP contribution in [0.25, 0.3) is 11.6 Å². The van der Waals surface area contributed by atoms with Gasteiger partial charge in [-0.2, -0.15) is 4.98 Å². The molecule has 9 heteroatoms. The van der Waals surface area contributed by atoms with Crippen LogP contribution >= 0.6 is 0 Å². The van der Waals surface area contributed by atoms with E-state index in [1.807, 2.05) is 35.7 Å². The molecule has 1 aliphatic rings. The Bertz CT molecular complexity index is 873. The fraction of sp³-hybridized carbons (Fsp3) is 0.471. The topological polar surface area (TPSA) is 106 Å². The molecule has 4 rings (SSSR count). The summed E-state index contributed by atoms with van der Waals surface area (Å²) in [5, 5.41) is 12.3. The van der Waals surface area contributed by atoms with Gasteiger partial charge < -0.3 is 14.4 Å². The Morgan fingerprint density at radius 2 is 2.15 bits per heavy atom. The molecule has 0 radical (unpaired) electrons. The fourth-order valence-corrected chi connectivity index (χ4v) is 3.09. The highest BCUT2D eigenvalue weighted by Gasteiger charge is 2.26. The van der Waals surface area contributed by atoms with Crippen molar-refractivity contribution in [2.75, 3.05) is 13.1 Å². The second-order valence-corrected chi connectivity index (χ2v) is 6.80. The van der Waals surface area contributed by atoms with Crippen molar-refractivity contribution in [3.05, 3.63) is 36.0 Å². The zero-order valence-corrected chi connectivity index (χ0v) is 14.8. The van der Waals surface area contributed by atoms with Crippen molar-refractivity contribution in [3.63, 3.8) is 0 Å². The molecule has 0 aromatic carbocycles. The van der Waals surface area contributed by atoms with E-state index in [0.717, 1.165) is 12.8 Å². The Labute approximate surface area is 150 Å². The Balaban J connectivity index is 1.40. The van der Waals surface area contributed by atoms with Gasteiger partial charge in [0.1, 0.15) is 5.69 Å². The number of hydrogen-bond donors (Lipinski definition) is 1. The number of amides is 1. The van der Waals surface area contributed by atoms with Crippen molar-refractivity contribution >= 4 is 5.91 Å². The van der Waals surface area contributed by atoms with Crippen LogP contribution in [0, 0.1) is 0 Å². The van der Waals surface area contributed by atoms with Gasteiger partial charge in [-0.3, -0.25) is 4.79 Å². The molecule has 0 aliphatic carbocycles. The molecule has 1 amide bonds. The van der Waals surface area contributed by atoms with E-state index in [1.165, 1.54) is 0 Å². The van der Waals surface area contributed by atoms with E-state index >= 15 is 0 Å². The zero-order valence-electron chi connectivity index (χ0n) is 14.8. The van der Waals surface area contributed by atoms with Crippen LogP contribution in [0.2, 0.25) is 0 Å². The summed E-state index contributed by atoms with van der Waals surface area (Å²) in [4.78, 5) is 21.6. The predicted molar refractivity (Wildman–Crippen MR) is 92.4 cm³/mol. The number of rotatable bonds is 4. The standard InChI is InChI=1S/C17H21N7O2/c1-11(2)15-19-16(26-21-15)14-10-24(22-20-14)12-5-8-23(9-6-12)17(25)13-4-3-7-18-13/h3-4,7,10-12,18H,5-6,8-9H2,1-2H3. The van der Waals surface area contributed by atoms with Crippen LogP contribution in [0.5, 0.6) is 0 Å². The normalized spacial score (nSPS) is 15.7. The SMILES string of the molecule is CC(C)c1noc(-c2cn(C3CCN(C(=O)c4ccc[nH]4)CC3)nn2)n1. The Morgan fingerprint density at radius 1 is 1.35 bits per heavy atom. The number of nitrogens with one attached hydrogen (secondary N) is 1. The van der Waals surface area contributed by atoms with Gasteiger partial charge in [0.25, 0.3) is 11.8 Å². The highest BCUT2D eigenvalue weighted by Crippen LogP contribution is 2.25. The first-order chi connectivity index (χ1) is 12.6. The molecule has 26 heavy (non-hydrogen) atoms. The van der Waals surface area contributed by atoms with Gasteiger partial charge in [-0.25, -0.2) is 4.68 Å². The van der Waals surface area contributed by atoms with Crippen LogP contribution in [0.4, 0.5) is 0 Å². The minimum atomic E-state index is 0.0415. The maximum absolute atomic E-state index is 12.4. The summed E-state index contributed by atoms with van der Waals surface area (Å²) in [6.45, 7) is 5.40. The van der Waals surface area contributed by atoms with Gasteiger partial charge in [0, 0.05) is 25.2 Å². The lowest BCUT2D eigenvalue weighted by atomic mass is 10.0. The number of nitrogens with zero attached hydrogens (tertiary/aromatic N) is 6. The lowest BCUT2D eigenvalue weighted by molar-refractivity contribution is 0.0684. The first-order valence-corrected chi connectivity index (χ1v) is 8.80. The Kier molecular flexibility index (Phi) is 4.27. The summed E-state index contributed by atoms with van der Waals surface area (Å²) in [5.74, 6) is 1.29. The van der Waals surface area contributed by atoms with Crippen LogP contribution in [0.15, 0.2) is 29.0 Å². The van der Waals surface area contributed by atoms with E-state index in [0.29, 0.717) is 36.2 Å². The molecular formula is C17H21N7O2. The summed E-state index contributed by atoms with van der Waals surface area (Å²) in [6.07, 6.45) is 5.26. The van der Waals surface area contributed by atoms with Gasteiger partial charge >= 0.3 is 0 Å². The maximum Gasteiger partial charge on any atom is 0.280 e. The van der Waals surface area contributed by atoms with E-state index in [1.54, 1.807) is 12.3 Å². The van der Waals surface area contributed by atoms with E-state index in [2.05, 4.69) is 25.4 Å². The van der Waals surface area contributed by atoms with Gasteiger partial charge in [0.2, 0.25) is 0 Å². The van der Waals surface area contributed by atoms with Gasteiger partial charge in [-0.1, -0.05) is 24.2 Å². The summed E-state index contributed by atoms with van der Waals surface area (Å²) >= 11 is 0. The van der Waals surface area contributed by atoms with Gasteiger partial charge in [0.05, 0.1) is 12.2 Å². The Hall–Kier alpha value is -2.97. The van der Waals surface area contributed by atoms with Crippen LogP contribution in [-0.2, 0) is 0 Å². The molecule has 136 valence electrons. The predicted octanol–water partition coefficient (Wildman–Crippen LogP) is 2.26. The number of aromatic nitrogens is 6. The second-order valence-electron chi connectivity index (χ2n) is 6.80. The van der Waals surface area contributed by atoms with Gasteiger partial charge in [-0.05, 0) is 25.0 Å². The number of aromatic amines is 1. The van der Waals surface area contributed by atoms with Crippen molar-refractivity contribution in [2.24, 2.45) is 0 Å². The number of hydrogen-bond acceptors (Lipinski definition) is 6. The molecule has 3 aromatic heterocycles. The highest BCUT2D eigenvalue weighted by atomic mass is 16.5. The quantitative estimate of drug-likeness (QED) is 0.769. The van der Waals surface area contributed by atoms with E-state index < -0.39 is 0 Å². The van der Waals surface area contributed by atoms with Crippen LogP contribution in [0.1, 0.15) is 55.0 Å². The van der Waals surface area contributed by atoms with Crippen molar-refractivity contribution < 1.29 is 9.32 Å². The van der Waals surface area contributed by atoms with Crippen molar-refractivity contribution in [1.29, 1.82) is 0 Å². The molecule has 1 fully saturated rings. The summed E-state index contributed by atoms with van der Waals surface area (Å²) in [6, 6.07) is 3.84. The van der Waals surface area contributed by atoms with Crippen molar-refractivity contribution in [3.8, 4) is 11.6 Å². The third-order valence-corrected chi connectivity index (χ3v) is 4.64. The summed E-state index contributed by atoms with van der Waals surface area (Å²) in [5.41, 5.74) is 1.21. The molecule has 3 aromatic rings. The molecule has 1 aliphatic heterocycles. The average Bonchev–Trinajstić information content (AvgIpc) is 3.42. The number of H-pyrrole nitrogens is 1. The molecule has 0 unspecified atom stereocenters. The zero-order chi connectivity index (χ0) is 18.1. The lowest BCUT2D eigenvalue weighted by Gasteiger charge is -2.31. The molecule has 0 saturated carbocycles. The molecule has 4 heterocycles. The summed E-state index contributed by atoms with van der Waals surface area (Å²) < 4.78 is 7.11. The van der Waals surface area contributed by atoms with E-state index in [4.69, 9.17) is 4.52 Å². The number of likely N-dealkylation sites (tertiary alicyclic amines) is 1. The maximum atomic E-state index is 12.4. The first kappa shape index (κ1) is 16.5. The monoisotopic (exact) mass is 355 g/mol. The minimum absolute atomic E-state index is 0.0415. The highest BCUT2D eigenvalue weighted by molar-refractivity contribution is 5.92. The van der Waals surface area contributed by atoms with Crippen LogP contribution < -0.4 is 0 Å². The largest absolute Gasteiger partial charge is 0.357 e. The van der Waals surface area contributed by atoms with Crippen molar-refractivity contribution in [2.45, 2.75) is 38.6 Å². The summed E-state index contributed by atoms with van der Waals surface area (Å²) in [7, 11) is 0. The smallest absolute Gasteiger partial charge is 0.280 e. The van der Waals surface area contributed by atoms with E-state index in [-0.39, 0.29) is 17.9 Å². The molecule has 1 saturated heterocycles. The number of carbonyl (C=O) groups excluding carboxylic acids is 1. The minimum Gasteiger partial charge on any atom is -0.357 e. The van der Waals surface area contributed by atoms with Gasteiger partial charge in [-0.15, -0.1) is 5.10 Å². The van der Waals surface area contributed by atoms with Crippen LogP contribution in [-0.4, -0.2) is 54.0 Å². The lowest BCUT2D eigenvalue weighted by Crippen LogP contribution is -2.39. The number of piperidine rings is 1. The first-order valence-electron chi connectivity index (χ1n) is 8.80. The van der Waals surface area contributed by atoms with Crippen LogP contribution in [0.3, 0.4) is 0 Å².